The molecule has 1 heteroatoms. The maximum Gasteiger partial charge on any atom is 0.0337 e. The molecule has 0 radical (unpaired) electrons. The van der Waals surface area contributed by atoms with Crippen LogP contribution in [0.15, 0.2) is 28.9 Å². The number of rotatable bonds is 0. The van der Waals surface area contributed by atoms with Gasteiger partial charge in [-0.15, -0.1) is 0 Å². The zero-order valence-electron chi connectivity index (χ0n) is 4.31. The van der Waals surface area contributed by atoms with Crippen molar-refractivity contribution in [3.8, 4) is 0 Å². The average Bonchev–Trinajstić information content (AvgIpc) is 1.91. The van der Waals surface area contributed by atoms with Crippen LogP contribution >= 0.6 is 0 Å². The third kappa shape index (κ3) is 0.610. The molecule has 1 rings (SSSR count). The molecule has 0 saturated carbocycles. The van der Waals surface area contributed by atoms with Crippen molar-refractivity contribution in [2.45, 2.75) is 6.92 Å². The zero-order chi connectivity index (χ0) is 5.28. The first-order valence-corrected chi connectivity index (χ1v) is 2.20. The first-order valence-electron chi connectivity index (χ1n) is 2.20. The van der Waals surface area contributed by atoms with Crippen molar-refractivity contribution in [2.24, 2.45) is 4.99 Å². The zero-order valence-corrected chi connectivity index (χ0v) is 4.31. The fraction of sp³-hybridized carbons (Fsp3) is 0.167. The number of hydrogen-bond donors (Lipinski definition) is 0. The summed E-state index contributed by atoms with van der Waals surface area (Å²) in [7, 11) is 0. The standard InChI is InChI=1S/C6H7N/c1-5-3-7-4-6(5)2/h3-4H,1H2,2H3. The maximum absolute atomic E-state index is 3.86. The van der Waals surface area contributed by atoms with E-state index in [2.05, 4.69) is 11.6 Å². The molecule has 0 unspecified atom stereocenters. The Bertz CT molecular complexity index is 152. The van der Waals surface area contributed by atoms with Crippen LogP contribution in [0.4, 0.5) is 0 Å². The van der Waals surface area contributed by atoms with Crippen LogP contribution in [0.3, 0.4) is 0 Å². The monoisotopic (exact) mass is 93.1 g/mol. The molecule has 1 aliphatic heterocycles. The molecule has 0 spiro atoms. The van der Waals surface area contributed by atoms with E-state index in [4.69, 9.17) is 0 Å². The van der Waals surface area contributed by atoms with Crippen LogP contribution in [0, 0.1) is 0 Å². The van der Waals surface area contributed by atoms with E-state index in [1.54, 1.807) is 6.21 Å². The van der Waals surface area contributed by atoms with Gasteiger partial charge in [0.1, 0.15) is 0 Å². The van der Waals surface area contributed by atoms with Crippen molar-refractivity contribution in [3.63, 3.8) is 0 Å². The Labute approximate surface area is 43.1 Å². The molecule has 0 aliphatic carbocycles. The van der Waals surface area contributed by atoms with E-state index in [9.17, 15) is 0 Å². The molecule has 36 valence electrons. The molecule has 0 fully saturated rings. The van der Waals surface area contributed by atoms with Crippen molar-refractivity contribution in [3.05, 3.63) is 23.9 Å². The van der Waals surface area contributed by atoms with Crippen molar-refractivity contribution >= 4 is 6.21 Å². The third-order valence-corrected chi connectivity index (χ3v) is 1.01. The largest absolute Gasteiger partial charge is 0.264 e. The fourth-order valence-electron chi connectivity index (χ4n) is 0.424. The molecule has 0 bridgehead atoms. The summed E-state index contributed by atoms with van der Waals surface area (Å²) in [5.41, 5.74) is 2.19. The molecule has 0 aromatic carbocycles. The summed E-state index contributed by atoms with van der Waals surface area (Å²) in [6.07, 6.45) is 3.57. The summed E-state index contributed by atoms with van der Waals surface area (Å²) in [4.78, 5) is 3.86. The Kier molecular flexibility index (Phi) is 0.823. The van der Waals surface area contributed by atoms with Gasteiger partial charge in [-0.3, -0.25) is 4.99 Å². The van der Waals surface area contributed by atoms with E-state index >= 15 is 0 Å². The van der Waals surface area contributed by atoms with Crippen molar-refractivity contribution in [1.29, 1.82) is 0 Å². The summed E-state index contributed by atoms with van der Waals surface area (Å²) in [6.45, 7) is 5.71. The van der Waals surface area contributed by atoms with Gasteiger partial charge in [-0.25, -0.2) is 0 Å². The quantitative estimate of drug-likeness (QED) is 0.430. The second-order valence-corrected chi connectivity index (χ2v) is 1.62. The van der Waals surface area contributed by atoms with Gasteiger partial charge in [-0.05, 0) is 18.1 Å². The van der Waals surface area contributed by atoms with Crippen LogP contribution in [0.1, 0.15) is 6.92 Å². The molecule has 0 aromatic heterocycles. The first kappa shape index (κ1) is 4.31. The van der Waals surface area contributed by atoms with Crippen LogP contribution in [0.2, 0.25) is 0 Å². The van der Waals surface area contributed by atoms with Crippen LogP contribution in [-0.2, 0) is 0 Å². The molecular formula is C6H7N. The molecule has 7 heavy (non-hydrogen) atoms. The minimum absolute atomic E-state index is 1.03. The number of allylic oxidation sites excluding steroid dienone is 2. The molecule has 0 saturated heterocycles. The van der Waals surface area contributed by atoms with Crippen molar-refractivity contribution < 1.29 is 0 Å². The van der Waals surface area contributed by atoms with Gasteiger partial charge in [0.15, 0.2) is 0 Å². The van der Waals surface area contributed by atoms with Crippen LogP contribution < -0.4 is 0 Å². The smallest absolute Gasteiger partial charge is 0.0337 e. The lowest BCUT2D eigenvalue weighted by molar-refractivity contribution is 1.48. The van der Waals surface area contributed by atoms with Gasteiger partial charge in [-0.2, -0.15) is 0 Å². The molecule has 1 aliphatic rings. The Morgan fingerprint density at radius 2 is 2.43 bits per heavy atom. The lowest BCUT2D eigenvalue weighted by Gasteiger charge is -1.84. The molecule has 0 atom stereocenters. The SMILES string of the molecule is C=C1C=NC=C1C. The highest BCUT2D eigenvalue weighted by atomic mass is 14.7. The van der Waals surface area contributed by atoms with Crippen molar-refractivity contribution in [2.75, 3.05) is 0 Å². The number of aliphatic imine (C=N–C) groups is 1. The second kappa shape index (κ2) is 1.34. The highest BCUT2D eigenvalue weighted by Crippen LogP contribution is 2.08. The highest BCUT2D eigenvalue weighted by molar-refractivity contribution is 5.86. The van der Waals surface area contributed by atoms with E-state index in [-0.39, 0.29) is 0 Å². The van der Waals surface area contributed by atoms with E-state index in [1.165, 1.54) is 5.57 Å². The average molecular weight is 93.1 g/mol. The summed E-state index contributed by atoms with van der Waals surface area (Å²) < 4.78 is 0. The summed E-state index contributed by atoms with van der Waals surface area (Å²) in [6, 6.07) is 0. The van der Waals surface area contributed by atoms with Gasteiger partial charge in [0.05, 0.1) is 0 Å². The Morgan fingerprint density at radius 3 is 2.57 bits per heavy atom. The molecular weight excluding hydrogens is 86.1 g/mol. The van der Waals surface area contributed by atoms with Gasteiger partial charge in [0, 0.05) is 12.4 Å². The minimum Gasteiger partial charge on any atom is -0.264 e. The topological polar surface area (TPSA) is 12.4 Å². The minimum atomic E-state index is 1.03. The molecule has 1 nitrogen and oxygen atoms in total. The molecule has 0 amide bonds. The fourth-order valence-corrected chi connectivity index (χ4v) is 0.424. The van der Waals surface area contributed by atoms with E-state index in [0.717, 1.165) is 5.57 Å². The van der Waals surface area contributed by atoms with Crippen LogP contribution in [0.25, 0.3) is 0 Å². The summed E-state index contributed by atoms with van der Waals surface area (Å²) >= 11 is 0. The highest BCUT2D eigenvalue weighted by Gasteiger charge is 1.95. The predicted molar refractivity (Wildman–Crippen MR) is 31.4 cm³/mol. The van der Waals surface area contributed by atoms with E-state index in [1.807, 2.05) is 13.1 Å². The maximum atomic E-state index is 3.86. The lowest BCUT2D eigenvalue weighted by atomic mass is 10.2. The van der Waals surface area contributed by atoms with E-state index < -0.39 is 0 Å². The van der Waals surface area contributed by atoms with Crippen LogP contribution in [0.5, 0.6) is 0 Å². The Morgan fingerprint density at radius 1 is 1.71 bits per heavy atom. The van der Waals surface area contributed by atoms with Gasteiger partial charge < -0.3 is 0 Å². The molecule has 0 N–H and O–H groups in total. The summed E-state index contributed by atoms with van der Waals surface area (Å²) in [5.74, 6) is 0. The Hall–Kier alpha value is -0.850. The predicted octanol–water partition coefficient (Wildman–Crippen LogP) is 1.53. The summed E-state index contributed by atoms with van der Waals surface area (Å²) in [5, 5.41) is 0. The number of hydrogen-bond acceptors (Lipinski definition) is 1. The van der Waals surface area contributed by atoms with Gasteiger partial charge in [0.25, 0.3) is 0 Å². The van der Waals surface area contributed by atoms with E-state index in [0.29, 0.717) is 0 Å². The molecule has 0 aromatic rings. The lowest BCUT2D eigenvalue weighted by Crippen LogP contribution is -1.73. The second-order valence-electron chi connectivity index (χ2n) is 1.62. The Balaban J connectivity index is 2.89. The molecule has 1 heterocycles. The first-order chi connectivity index (χ1) is 3.30. The third-order valence-electron chi connectivity index (χ3n) is 1.01. The number of nitrogens with zero attached hydrogens (tertiary/aromatic N) is 1. The van der Waals surface area contributed by atoms with Gasteiger partial charge in [-0.1, -0.05) is 6.58 Å². The van der Waals surface area contributed by atoms with Gasteiger partial charge >= 0.3 is 0 Å². The van der Waals surface area contributed by atoms with Crippen LogP contribution in [-0.4, -0.2) is 6.21 Å². The van der Waals surface area contributed by atoms with Gasteiger partial charge in [0.2, 0.25) is 0 Å². The normalized spacial score (nSPS) is 17.9. The van der Waals surface area contributed by atoms with Crippen molar-refractivity contribution in [1.82, 2.24) is 0 Å².